The van der Waals surface area contributed by atoms with Crippen molar-refractivity contribution in [3.05, 3.63) is 0 Å². The molecule has 1 saturated carbocycles. The first-order valence-corrected chi connectivity index (χ1v) is 4.31. The Labute approximate surface area is 68.2 Å². The third-order valence-corrected chi connectivity index (χ3v) is 2.60. The SMILES string of the molecule is CC1(C)CCC[C@](O)(CO)C1. The number of aliphatic hydroxyl groups is 2. The smallest absolute Gasteiger partial charge is 0.0882 e. The molecule has 1 rings (SSSR count). The van der Waals surface area contributed by atoms with Gasteiger partial charge in [-0.05, 0) is 31.1 Å². The summed E-state index contributed by atoms with van der Waals surface area (Å²) < 4.78 is 0. The Morgan fingerprint density at radius 1 is 1.27 bits per heavy atom. The van der Waals surface area contributed by atoms with Crippen molar-refractivity contribution in [1.29, 1.82) is 0 Å². The van der Waals surface area contributed by atoms with E-state index in [1.54, 1.807) is 0 Å². The zero-order chi connectivity index (χ0) is 8.54. The van der Waals surface area contributed by atoms with E-state index in [2.05, 4.69) is 13.8 Å². The molecule has 2 nitrogen and oxygen atoms in total. The molecule has 0 saturated heterocycles. The van der Waals surface area contributed by atoms with Crippen LogP contribution in [0.4, 0.5) is 0 Å². The summed E-state index contributed by atoms with van der Waals surface area (Å²) in [6, 6.07) is 0. The van der Waals surface area contributed by atoms with Crippen molar-refractivity contribution < 1.29 is 10.2 Å². The fraction of sp³-hybridized carbons (Fsp3) is 1.00. The van der Waals surface area contributed by atoms with E-state index in [1.165, 1.54) is 0 Å². The number of rotatable bonds is 1. The molecule has 0 aromatic rings. The summed E-state index contributed by atoms with van der Waals surface area (Å²) in [5.74, 6) is 0. The van der Waals surface area contributed by atoms with E-state index in [9.17, 15) is 5.11 Å². The van der Waals surface area contributed by atoms with Gasteiger partial charge in [0.15, 0.2) is 0 Å². The molecule has 0 aromatic heterocycles. The van der Waals surface area contributed by atoms with Gasteiger partial charge in [-0.3, -0.25) is 0 Å². The lowest BCUT2D eigenvalue weighted by atomic mass is 9.70. The van der Waals surface area contributed by atoms with Crippen LogP contribution in [-0.2, 0) is 0 Å². The Morgan fingerprint density at radius 2 is 1.91 bits per heavy atom. The molecular weight excluding hydrogens is 140 g/mol. The van der Waals surface area contributed by atoms with Crippen LogP contribution >= 0.6 is 0 Å². The van der Waals surface area contributed by atoms with Crippen LogP contribution in [0.3, 0.4) is 0 Å². The van der Waals surface area contributed by atoms with Gasteiger partial charge < -0.3 is 10.2 Å². The van der Waals surface area contributed by atoms with Gasteiger partial charge in [0.05, 0.1) is 12.2 Å². The molecule has 11 heavy (non-hydrogen) atoms. The Bertz CT molecular complexity index is 142. The average Bonchev–Trinajstić information content (AvgIpc) is 1.85. The first-order valence-electron chi connectivity index (χ1n) is 4.31. The summed E-state index contributed by atoms with van der Waals surface area (Å²) >= 11 is 0. The Morgan fingerprint density at radius 3 is 2.27 bits per heavy atom. The van der Waals surface area contributed by atoms with Crippen LogP contribution in [0.15, 0.2) is 0 Å². The van der Waals surface area contributed by atoms with Crippen molar-refractivity contribution in [2.24, 2.45) is 5.41 Å². The minimum Gasteiger partial charge on any atom is -0.393 e. The molecule has 0 aromatic carbocycles. The van der Waals surface area contributed by atoms with E-state index in [-0.39, 0.29) is 12.0 Å². The van der Waals surface area contributed by atoms with Gasteiger partial charge in [-0.15, -0.1) is 0 Å². The van der Waals surface area contributed by atoms with Gasteiger partial charge in [0, 0.05) is 0 Å². The molecule has 0 aliphatic heterocycles. The molecule has 1 aliphatic rings. The maximum atomic E-state index is 9.77. The number of aliphatic hydroxyl groups excluding tert-OH is 1. The summed E-state index contributed by atoms with van der Waals surface area (Å²) in [5.41, 5.74) is -0.586. The van der Waals surface area contributed by atoms with E-state index < -0.39 is 5.60 Å². The third kappa shape index (κ3) is 2.17. The first-order chi connectivity index (χ1) is 4.97. The summed E-state index contributed by atoms with van der Waals surface area (Å²) in [6.45, 7) is 4.20. The highest BCUT2D eigenvalue weighted by molar-refractivity contribution is 4.89. The minimum absolute atomic E-state index is 0.0869. The molecular formula is C9H18O2. The second-order valence-electron chi connectivity index (χ2n) is 4.58. The van der Waals surface area contributed by atoms with Crippen LogP contribution < -0.4 is 0 Å². The van der Waals surface area contributed by atoms with Crippen LogP contribution in [0.25, 0.3) is 0 Å². The largest absolute Gasteiger partial charge is 0.393 e. The van der Waals surface area contributed by atoms with Gasteiger partial charge in [-0.1, -0.05) is 13.8 Å². The standard InChI is InChI=1S/C9H18O2/c1-8(2)4-3-5-9(11,6-8)7-10/h10-11H,3-7H2,1-2H3/t9-/m1/s1. The van der Waals surface area contributed by atoms with Crippen molar-refractivity contribution in [2.75, 3.05) is 6.61 Å². The zero-order valence-electron chi connectivity index (χ0n) is 7.43. The van der Waals surface area contributed by atoms with Crippen LogP contribution in [-0.4, -0.2) is 22.4 Å². The van der Waals surface area contributed by atoms with Gasteiger partial charge in [0.2, 0.25) is 0 Å². The van der Waals surface area contributed by atoms with Gasteiger partial charge in [-0.2, -0.15) is 0 Å². The van der Waals surface area contributed by atoms with Gasteiger partial charge in [0.1, 0.15) is 0 Å². The molecule has 0 spiro atoms. The molecule has 1 fully saturated rings. The fourth-order valence-corrected chi connectivity index (χ4v) is 2.10. The molecule has 1 atom stereocenters. The van der Waals surface area contributed by atoms with Crippen molar-refractivity contribution >= 4 is 0 Å². The predicted octanol–water partition coefficient (Wildman–Crippen LogP) is 1.31. The topological polar surface area (TPSA) is 40.5 Å². The molecule has 0 heterocycles. The van der Waals surface area contributed by atoms with E-state index in [1.807, 2.05) is 0 Å². The highest BCUT2D eigenvalue weighted by atomic mass is 16.3. The summed E-state index contributed by atoms with van der Waals surface area (Å²) in [6.07, 6.45) is 3.68. The number of hydrogen-bond donors (Lipinski definition) is 2. The molecule has 1 aliphatic carbocycles. The second-order valence-corrected chi connectivity index (χ2v) is 4.58. The maximum Gasteiger partial charge on any atom is 0.0882 e. The molecule has 0 amide bonds. The molecule has 0 unspecified atom stereocenters. The van der Waals surface area contributed by atoms with Gasteiger partial charge >= 0.3 is 0 Å². The quantitative estimate of drug-likeness (QED) is 0.604. The maximum absolute atomic E-state index is 9.77. The molecule has 66 valence electrons. The summed E-state index contributed by atoms with van der Waals surface area (Å²) in [4.78, 5) is 0. The van der Waals surface area contributed by atoms with Crippen LogP contribution in [0, 0.1) is 5.41 Å². The first kappa shape index (κ1) is 9.01. The lowest BCUT2D eigenvalue weighted by Crippen LogP contribution is -2.41. The highest BCUT2D eigenvalue weighted by Gasteiger charge is 2.37. The van der Waals surface area contributed by atoms with Gasteiger partial charge in [0.25, 0.3) is 0 Å². The zero-order valence-corrected chi connectivity index (χ0v) is 7.43. The molecule has 2 N–H and O–H groups in total. The monoisotopic (exact) mass is 158 g/mol. The van der Waals surface area contributed by atoms with Crippen molar-refractivity contribution in [2.45, 2.75) is 45.1 Å². The predicted molar refractivity (Wildman–Crippen MR) is 44.3 cm³/mol. The molecule has 0 bridgehead atoms. The highest BCUT2D eigenvalue weighted by Crippen LogP contribution is 2.40. The molecule has 2 heteroatoms. The third-order valence-electron chi connectivity index (χ3n) is 2.60. The lowest BCUT2D eigenvalue weighted by molar-refractivity contribution is -0.0746. The lowest BCUT2D eigenvalue weighted by Gasteiger charge is -2.40. The Balaban J connectivity index is 2.59. The second kappa shape index (κ2) is 2.76. The van der Waals surface area contributed by atoms with Crippen molar-refractivity contribution in [3.8, 4) is 0 Å². The van der Waals surface area contributed by atoms with E-state index in [0.717, 1.165) is 25.7 Å². The van der Waals surface area contributed by atoms with E-state index >= 15 is 0 Å². The van der Waals surface area contributed by atoms with E-state index in [4.69, 9.17) is 5.11 Å². The van der Waals surface area contributed by atoms with E-state index in [0.29, 0.717) is 0 Å². The summed E-state index contributed by atoms with van der Waals surface area (Å²) in [5, 5.41) is 18.7. The van der Waals surface area contributed by atoms with Gasteiger partial charge in [-0.25, -0.2) is 0 Å². The number of hydrogen-bond acceptors (Lipinski definition) is 2. The Hall–Kier alpha value is -0.0800. The van der Waals surface area contributed by atoms with Crippen molar-refractivity contribution in [1.82, 2.24) is 0 Å². The minimum atomic E-state index is -0.790. The fourth-order valence-electron chi connectivity index (χ4n) is 2.10. The van der Waals surface area contributed by atoms with Crippen LogP contribution in [0.1, 0.15) is 39.5 Å². The van der Waals surface area contributed by atoms with Crippen LogP contribution in [0.2, 0.25) is 0 Å². The summed E-state index contributed by atoms with van der Waals surface area (Å²) in [7, 11) is 0. The normalized spacial score (nSPS) is 37.1. The van der Waals surface area contributed by atoms with Crippen molar-refractivity contribution in [3.63, 3.8) is 0 Å². The average molecular weight is 158 g/mol. The molecule has 0 radical (unpaired) electrons. The Kier molecular flexibility index (Phi) is 2.26. The van der Waals surface area contributed by atoms with Crippen LogP contribution in [0.5, 0.6) is 0 Å².